The summed E-state index contributed by atoms with van der Waals surface area (Å²) in [6.07, 6.45) is 1.51. The van der Waals surface area contributed by atoms with E-state index in [0.29, 0.717) is 16.7 Å². The highest BCUT2D eigenvalue weighted by molar-refractivity contribution is 7.92. The lowest BCUT2D eigenvalue weighted by molar-refractivity contribution is 0.0523. The predicted molar refractivity (Wildman–Crippen MR) is 116 cm³/mol. The maximum atomic E-state index is 12.6. The number of pyridine rings is 1. The second-order valence-electron chi connectivity index (χ2n) is 6.50. The normalized spacial score (nSPS) is 10.6. The van der Waals surface area contributed by atoms with E-state index >= 15 is 0 Å². The molecule has 0 spiro atoms. The van der Waals surface area contributed by atoms with E-state index in [4.69, 9.17) is 4.74 Å². The Bertz CT molecular complexity index is 1270. The highest BCUT2D eigenvalue weighted by atomic mass is 32.2. The molecule has 158 valence electrons. The highest BCUT2D eigenvalue weighted by Gasteiger charge is 2.16. The van der Waals surface area contributed by atoms with Crippen molar-refractivity contribution in [3.05, 3.63) is 83.0 Å². The second kappa shape index (κ2) is 9.32. The van der Waals surface area contributed by atoms with Crippen molar-refractivity contribution >= 4 is 21.8 Å². The number of rotatable bonds is 5. The number of anilines is 1. The number of hydrogen-bond acceptors (Lipinski definition) is 6. The van der Waals surface area contributed by atoms with Gasteiger partial charge in [0.25, 0.3) is 10.0 Å². The van der Waals surface area contributed by atoms with Crippen LogP contribution < -0.4 is 4.72 Å². The van der Waals surface area contributed by atoms with Crippen molar-refractivity contribution in [2.24, 2.45) is 0 Å². The van der Waals surface area contributed by atoms with Gasteiger partial charge in [-0.3, -0.25) is 4.72 Å². The molecule has 0 unspecified atom stereocenters. The Balaban J connectivity index is 1.79. The molecule has 8 heteroatoms. The van der Waals surface area contributed by atoms with Gasteiger partial charge in [-0.1, -0.05) is 17.9 Å². The molecule has 0 amide bonds. The van der Waals surface area contributed by atoms with Crippen LogP contribution in [0.3, 0.4) is 0 Å². The van der Waals surface area contributed by atoms with E-state index in [2.05, 4.69) is 21.5 Å². The summed E-state index contributed by atoms with van der Waals surface area (Å²) in [6.45, 7) is 3.63. The van der Waals surface area contributed by atoms with Crippen LogP contribution in [0, 0.1) is 18.8 Å². The SMILES string of the molecule is CCOC(=O)c1cc(C#Cc2ccc(S(=O)(=O)Nc3ncccc3C)cc2)ccc1O. The van der Waals surface area contributed by atoms with Crippen LogP contribution in [-0.2, 0) is 14.8 Å². The lowest BCUT2D eigenvalue weighted by atomic mass is 10.1. The molecule has 2 aromatic carbocycles. The van der Waals surface area contributed by atoms with E-state index in [-0.39, 0.29) is 28.6 Å². The number of carbonyl (C=O) groups excluding carboxylic acids is 1. The summed E-state index contributed by atoms with van der Waals surface area (Å²) in [4.78, 5) is 16.0. The number of nitrogens with zero attached hydrogens (tertiary/aromatic N) is 1. The van der Waals surface area contributed by atoms with Crippen molar-refractivity contribution in [2.75, 3.05) is 11.3 Å². The zero-order valence-electron chi connectivity index (χ0n) is 16.9. The predicted octanol–water partition coefficient (Wildman–Crippen LogP) is 3.47. The number of phenolic OH excluding ortho intramolecular Hbond substituents is 1. The van der Waals surface area contributed by atoms with Gasteiger partial charge in [-0.2, -0.15) is 0 Å². The first-order valence-corrected chi connectivity index (χ1v) is 10.8. The number of nitrogens with one attached hydrogen (secondary N) is 1. The molecule has 2 N–H and O–H groups in total. The fourth-order valence-corrected chi connectivity index (χ4v) is 3.71. The van der Waals surface area contributed by atoms with Crippen LogP contribution in [-0.4, -0.2) is 31.1 Å². The number of hydrogen-bond donors (Lipinski definition) is 2. The highest BCUT2D eigenvalue weighted by Crippen LogP contribution is 2.20. The Hall–Kier alpha value is -3.83. The fraction of sp³-hybridized carbons (Fsp3) is 0.130. The summed E-state index contributed by atoms with van der Waals surface area (Å²) < 4.78 is 32.5. The van der Waals surface area contributed by atoms with Crippen molar-refractivity contribution in [3.8, 4) is 17.6 Å². The molecule has 31 heavy (non-hydrogen) atoms. The number of aromatic nitrogens is 1. The molecule has 3 aromatic rings. The van der Waals surface area contributed by atoms with E-state index in [0.717, 1.165) is 0 Å². The smallest absolute Gasteiger partial charge is 0.341 e. The molecule has 0 bridgehead atoms. The Kier molecular flexibility index (Phi) is 6.58. The van der Waals surface area contributed by atoms with Crippen molar-refractivity contribution < 1.29 is 23.1 Å². The Morgan fingerprint density at radius 1 is 1.10 bits per heavy atom. The van der Waals surface area contributed by atoms with Crippen molar-refractivity contribution in [3.63, 3.8) is 0 Å². The van der Waals surface area contributed by atoms with Crippen LogP contribution in [0.1, 0.15) is 34.0 Å². The molecule has 0 atom stereocenters. The van der Waals surface area contributed by atoms with Crippen LogP contribution in [0.15, 0.2) is 65.7 Å². The summed E-state index contributed by atoms with van der Waals surface area (Å²) in [5.74, 6) is 5.25. The number of carbonyl (C=O) groups is 1. The minimum absolute atomic E-state index is 0.0333. The monoisotopic (exact) mass is 436 g/mol. The average molecular weight is 436 g/mol. The molecule has 0 aliphatic carbocycles. The summed E-state index contributed by atoms with van der Waals surface area (Å²) in [6, 6.07) is 13.9. The maximum Gasteiger partial charge on any atom is 0.341 e. The largest absolute Gasteiger partial charge is 0.507 e. The number of sulfonamides is 1. The zero-order chi connectivity index (χ0) is 22.4. The maximum absolute atomic E-state index is 12.6. The van der Waals surface area contributed by atoms with E-state index in [1.807, 2.05) is 0 Å². The molecule has 0 saturated carbocycles. The van der Waals surface area contributed by atoms with Crippen LogP contribution in [0.2, 0.25) is 0 Å². The summed E-state index contributed by atoms with van der Waals surface area (Å²) in [7, 11) is -3.78. The third-order valence-electron chi connectivity index (χ3n) is 4.25. The van der Waals surface area contributed by atoms with Crippen LogP contribution in [0.4, 0.5) is 5.82 Å². The fourth-order valence-electron chi connectivity index (χ4n) is 2.63. The Morgan fingerprint density at radius 2 is 1.77 bits per heavy atom. The number of phenols is 1. The minimum Gasteiger partial charge on any atom is -0.507 e. The third kappa shape index (κ3) is 5.41. The molecule has 7 nitrogen and oxygen atoms in total. The molecule has 1 aromatic heterocycles. The van der Waals surface area contributed by atoms with Gasteiger partial charge in [-0.15, -0.1) is 0 Å². The molecule has 0 aliphatic heterocycles. The van der Waals surface area contributed by atoms with Crippen molar-refractivity contribution in [2.45, 2.75) is 18.7 Å². The van der Waals surface area contributed by atoms with Crippen molar-refractivity contribution in [1.29, 1.82) is 0 Å². The number of aryl methyl sites for hydroxylation is 1. The molecular weight excluding hydrogens is 416 g/mol. The molecule has 3 rings (SSSR count). The molecular formula is C23H20N2O5S. The van der Waals surface area contributed by atoms with Gasteiger partial charge in [0.15, 0.2) is 0 Å². The van der Waals surface area contributed by atoms with E-state index in [9.17, 15) is 18.3 Å². The van der Waals surface area contributed by atoms with Gasteiger partial charge in [0.05, 0.1) is 11.5 Å². The van der Waals surface area contributed by atoms with Gasteiger partial charge in [-0.25, -0.2) is 18.2 Å². The average Bonchev–Trinajstić information content (AvgIpc) is 2.75. The Labute approximate surface area is 180 Å². The van der Waals surface area contributed by atoms with Gasteiger partial charge in [0.2, 0.25) is 0 Å². The first-order chi connectivity index (χ1) is 14.8. The first-order valence-electron chi connectivity index (χ1n) is 9.37. The molecule has 0 aliphatic rings. The minimum atomic E-state index is -3.78. The molecule has 0 fully saturated rings. The summed E-state index contributed by atoms with van der Waals surface area (Å²) in [5.41, 5.74) is 1.83. The summed E-state index contributed by atoms with van der Waals surface area (Å²) in [5, 5.41) is 9.83. The second-order valence-corrected chi connectivity index (χ2v) is 8.18. The Morgan fingerprint density at radius 3 is 2.45 bits per heavy atom. The lowest BCUT2D eigenvalue weighted by Crippen LogP contribution is -2.14. The topological polar surface area (TPSA) is 106 Å². The van der Waals surface area contributed by atoms with Crippen LogP contribution in [0.25, 0.3) is 0 Å². The lowest BCUT2D eigenvalue weighted by Gasteiger charge is -2.09. The van der Waals surface area contributed by atoms with Gasteiger partial charge >= 0.3 is 5.97 Å². The molecule has 1 heterocycles. The zero-order valence-corrected chi connectivity index (χ0v) is 17.7. The van der Waals surface area contributed by atoms with Crippen LogP contribution >= 0.6 is 0 Å². The molecule has 0 saturated heterocycles. The first kappa shape index (κ1) is 21.9. The van der Waals surface area contributed by atoms with E-state index in [1.54, 1.807) is 44.2 Å². The number of aromatic hydroxyl groups is 1. The van der Waals surface area contributed by atoms with Gasteiger partial charge in [-0.05, 0) is 67.9 Å². The van der Waals surface area contributed by atoms with E-state index < -0.39 is 16.0 Å². The molecule has 0 radical (unpaired) electrons. The third-order valence-corrected chi connectivity index (χ3v) is 5.60. The standard InChI is InChI=1S/C23H20N2O5S/c1-3-30-23(27)20-15-18(10-13-21(20)26)7-6-17-8-11-19(12-9-17)31(28,29)25-22-16(2)5-4-14-24-22/h4-5,8-15,26H,3H2,1-2H3,(H,24,25). The van der Waals surface area contributed by atoms with Gasteiger partial charge in [0.1, 0.15) is 17.1 Å². The van der Waals surface area contributed by atoms with Crippen molar-refractivity contribution in [1.82, 2.24) is 4.98 Å². The van der Waals surface area contributed by atoms with Gasteiger partial charge in [0, 0.05) is 17.3 Å². The van der Waals surface area contributed by atoms with Gasteiger partial charge < -0.3 is 9.84 Å². The summed E-state index contributed by atoms with van der Waals surface area (Å²) >= 11 is 0. The number of benzene rings is 2. The quantitative estimate of drug-likeness (QED) is 0.469. The number of ether oxygens (including phenoxy) is 1. The van der Waals surface area contributed by atoms with Crippen LogP contribution in [0.5, 0.6) is 5.75 Å². The number of esters is 1. The van der Waals surface area contributed by atoms with E-state index in [1.165, 1.54) is 30.5 Å².